The lowest BCUT2D eigenvalue weighted by molar-refractivity contribution is -0.143. The molecule has 16 atom stereocenters. The summed E-state index contributed by atoms with van der Waals surface area (Å²) in [6.07, 6.45) is 25.5. The first-order valence-corrected chi connectivity index (χ1v) is 39.2. The highest BCUT2D eigenvalue weighted by molar-refractivity contribution is 9.09. The number of ether oxygens (including phenoxy) is 10. The van der Waals surface area contributed by atoms with E-state index >= 15 is 0 Å². The van der Waals surface area contributed by atoms with Gasteiger partial charge in [0.05, 0.1) is 80.7 Å². The van der Waals surface area contributed by atoms with E-state index in [-0.39, 0.29) is 67.5 Å². The van der Waals surface area contributed by atoms with Gasteiger partial charge in [-0.15, -0.1) is 0 Å². The number of alkyl halides is 1. The van der Waals surface area contributed by atoms with Crippen LogP contribution in [0.5, 0.6) is 0 Å². The smallest absolute Gasteiger partial charge is 0.330 e. The van der Waals surface area contributed by atoms with E-state index in [9.17, 15) is 14.4 Å². The topological polar surface area (TPSA) is 305 Å². The van der Waals surface area contributed by atoms with Gasteiger partial charge in [-0.05, 0) is 198 Å². The van der Waals surface area contributed by atoms with E-state index in [2.05, 4.69) is 100 Å². The summed E-state index contributed by atoms with van der Waals surface area (Å²) in [6, 6.07) is 3.28. The van der Waals surface area contributed by atoms with Crippen LogP contribution in [0.15, 0.2) is 17.3 Å². The number of azide groups is 1. The number of esters is 2. The number of aliphatic hydroxyl groups is 2. The Morgan fingerprint density at radius 3 is 1.11 bits per heavy atom. The van der Waals surface area contributed by atoms with E-state index < -0.39 is 5.97 Å². The third kappa shape index (κ3) is 37.4. The highest BCUT2D eigenvalue weighted by Crippen LogP contribution is 2.28. The Hall–Kier alpha value is -2.82. The van der Waals surface area contributed by atoms with Crippen molar-refractivity contribution in [2.75, 3.05) is 210 Å². The average Bonchev–Trinajstić information content (AvgIpc) is 1.83. The van der Waals surface area contributed by atoms with E-state index in [1.807, 2.05) is 41.3 Å². The second-order valence-electron chi connectivity index (χ2n) is 28.1. The number of halogens is 1. The fourth-order valence-corrected chi connectivity index (χ4v) is 15.7. The van der Waals surface area contributed by atoms with Crippen LogP contribution in [0.3, 0.4) is 0 Å². The number of carboxylic acid groups (broad SMARTS) is 1. The molecule has 0 aromatic rings. The first-order valence-electron chi connectivity index (χ1n) is 38.0. The molecule has 0 spiro atoms. The number of aliphatic hydroxyl groups excluding tert-OH is 2. The third-order valence-corrected chi connectivity index (χ3v) is 22.3. The van der Waals surface area contributed by atoms with Crippen molar-refractivity contribution in [3.63, 3.8) is 0 Å². The van der Waals surface area contributed by atoms with E-state index in [1.165, 1.54) is 44.7 Å². The summed E-state index contributed by atoms with van der Waals surface area (Å²) in [5.74, 6) is -1.12. The first-order chi connectivity index (χ1) is 49.5. The SMILES string of the molecule is CCOC(=O)/C=C/C1C(OC)CCN1C.CCOC(=O)CCC1C(OC)CCN1C.COC1CCN(C)C1CCC(=O)O.COC1CCN(C)C1CCCBr.COC1CCN(C)C1CCCN.COC1CCN(C)C1CCCN=[N+]=[N-].COC1CCN(C)C1CCCO.COC1CCN(C)C1CO. The number of aliphatic carboxylic acids is 1. The maximum absolute atomic E-state index is 11.2. The number of nitrogens with two attached hydrogens (primary N) is 1. The van der Waals surface area contributed by atoms with Crippen LogP contribution in [-0.4, -0.2) is 380 Å². The Bertz CT molecular complexity index is 2160. The highest BCUT2D eigenvalue weighted by atomic mass is 79.9. The normalized spacial score (nSPS) is 29.7. The van der Waals surface area contributed by atoms with Gasteiger partial charge in [0.25, 0.3) is 0 Å². The van der Waals surface area contributed by atoms with Crippen LogP contribution < -0.4 is 5.73 Å². The zero-order valence-electron chi connectivity index (χ0n) is 67.2. The number of carbonyl (C=O) groups is 3. The van der Waals surface area contributed by atoms with Gasteiger partial charge in [-0.3, -0.25) is 19.4 Å². The molecule has 0 saturated carbocycles. The van der Waals surface area contributed by atoms with E-state index in [1.54, 1.807) is 56.7 Å². The molecule has 103 heavy (non-hydrogen) atoms. The maximum atomic E-state index is 11.2. The molecule has 8 aliphatic rings. The molecule has 16 unspecified atom stereocenters. The largest absolute Gasteiger partial charge is 0.481 e. The molecule has 28 nitrogen and oxygen atoms in total. The Labute approximate surface area is 630 Å². The fourth-order valence-electron chi connectivity index (χ4n) is 15.4. The molecule has 0 radical (unpaired) electrons. The lowest BCUT2D eigenvalue weighted by Crippen LogP contribution is -2.36. The van der Waals surface area contributed by atoms with Crippen molar-refractivity contribution in [3.05, 3.63) is 22.6 Å². The number of carbonyl (C=O) groups excluding carboxylic acids is 2. The number of hydrogen-bond acceptors (Lipinski definition) is 25. The Balaban J connectivity index is 0.000000590. The van der Waals surface area contributed by atoms with Gasteiger partial charge < -0.3 is 97.8 Å². The van der Waals surface area contributed by atoms with E-state index in [0.29, 0.717) is 93.8 Å². The van der Waals surface area contributed by atoms with Crippen LogP contribution in [-0.2, 0) is 61.8 Å². The second-order valence-corrected chi connectivity index (χ2v) is 28.9. The third-order valence-electron chi connectivity index (χ3n) is 21.7. The predicted octanol–water partition coefficient (Wildman–Crippen LogP) is 6.74. The maximum Gasteiger partial charge on any atom is 0.330 e. The minimum Gasteiger partial charge on any atom is -0.481 e. The lowest BCUT2D eigenvalue weighted by atomic mass is 10.1. The minimum atomic E-state index is -0.727. The Morgan fingerprint density at radius 2 is 0.786 bits per heavy atom. The van der Waals surface area contributed by atoms with Crippen molar-refractivity contribution in [2.24, 2.45) is 10.8 Å². The monoisotopic (exact) mass is 1540 g/mol. The van der Waals surface area contributed by atoms with Crippen LogP contribution in [0, 0.1) is 0 Å². The molecule has 29 heteroatoms. The molecule has 8 aliphatic heterocycles. The van der Waals surface area contributed by atoms with Crippen molar-refractivity contribution in [1.29, 1.82) is 0 Å². The van der Waals surface area contributed by atoms with E-state index in [0.717, 1.165) is 135 Å². The minimum absolute atomic E-state index is 0.104. The van der Waals surface area contributed by atoms with Gasteiger partial charge in [0.1, 0.15) is 0 Å². The number of likely N-dealkylation sites (N-methyl/N-ethyl adjacent to an activating group) is 8. The molecule has 5 N–H and O–H groups in total. The van der Waals surface area contributed by atoms with Gasteiger partial charge in [-0.1, -0.05) is 27.1 Å². The molecular formula is C74H147BrN12O16. The molecule has 8 heterocycles. The van der Waals surface area contributed by atoms with Crippen LogP contribution >= 0.6 is 15.9 Å². The zero-order chi connectivity index (χ0) is 77.2. The molecule has 8 fully saturated rings. The van der Waals surface area contributed by atoms with Crippen molar-refractivity contribution < 1.29 is 77.1 Å². The zero-order valence-corrected chi connectivity index (χ0v) is 68.8. The molecule has 0 aromatic carbocycles. The Kier molecular flexibility index (Phi) is 56.3. The number of hydrogen-bond donors (Lipinski definition) is 4. The number of nitrogens with zero attached hydrogens (tertiary/aromatic N) is 11. The average molecular weight is 1540 g/mol. The van der Waals surface area contributed by atoms with Crippen LogP contribution in [0.1, 0.15) is 142 Å². The van der Waals surface area contributed by atoms with Crippen molar-refractivity contribution in [1.82, 2.24) is 39.2 Å². The molecule has 0 amide bonds. The number of rotatable bonds is 32. The van der Waals surface area contributed by atoms with Gasteiger partial charge in [0, 0.05) is 188 Å². The molecule has 8 saturated heterocycles. The summed E-state index contributed by atoms with van der Waals surface area (Å²) in [7, 11) is 30.8. The Morgan fingerprint density at radius 1 is 0.466 bits per heavy atom. The van der Waals surface area contributed by atoms with Crippen LogP contribution in [0.4, 0.5) is 0 Å². The lowest BCUT2D eigenvalue weighted by Gasteiger charge is -2.23. The van der Waals surface area contributed by atoms with Gasteiger partial charge in [-0.25, -0.2) is 4.79 Å². The highest BCUT2D eigenvalue weighted by Gasteiger charge is 2.37. The summed E-state index contributed by atoms with van der Waals surface area (Å²) in [5.41, 5.74) is 13.6. The first kappa shape index (κ1) is 98.2. The van der Waals surface area contributed by atoms with Gasteiger partial charge in [0.15, 0.2) is 0 Å². The van der Waals surface area contributed by atoms with Gasteiger partial charge in [-0.2, -0.15) is 0 Å². The second kappa shape index (κ2) is 59.1. The van der Waals surface area contributed by atoms with Crippen molar-refractivity contribution in [2.45, 2.75) is 239 Å². The molecule has 8 rings (SSSR count). The van der Waals surface area contributed by atoms with E-state index in [4.69, 9.17) is 74.0 Å². The summed E-state index contributed by atoms with van der Waals surface area (Å²) < 4.78 is 52.6. The molecular weight excluding hydrogens is 1390 g/mol. The summed E-state index contributed by atoms with van der Waals surface area (Å²) in [5, 5.41) is 30.8. The standard InChI is InChI=1S/C11H21NO3.C11H19NO3.C9H18BrNO.C9H18N4O.C9H20N2O.C9H17NO3.C9H19NO2.C7H15NO2/c2*1-4-15-11(13)6-5-9-10(14-3)7-8-12(9)2;1-11-7-5-9(12-2)8(11)4-3-6-10;1-13-7-5-9(14-2)8(13)4-3-6-11-12-10;1-11-7-5-9(12-2)8(11)4-3-6-10;1-10-6-5-8(13-2)7(10)3-4-9(11)12;1-10-6-5-9(12-2)8(10)4-3-7-11;1-8-4-3-7(10-2)6(8)5-9/h9-10H,4-8H2,1-3H3;5-6,9-10H,4,7-8H2,1-3H3;8-9H,3-7H2,1-2H3;8-9H,3-7H2,1-2H3;8-9H,3-7,10H2,1-2H3;7-8H,3-6H2,1-2H3,(H,11,12);8-9,11H,3-7H2,1-2H3;6-7,9H,3-5H2,1-2H3/b;6-5+;;;;;;. The predicted molar refractivity (Wildman–Crippen MR) is 411 cm³/mol. The van der Waals surface area contributed by atoms with Gasteiger partial charge in [0.2, 0.25) is 0 Å². The number of methoxy groups -OCH3 is 8. The fraction of sp³-hybridized carbons (Fsp3) is 0.932. The van der Waals surface area contributed by atoms with Crippen molar-refractivity contribution >= 4 is 33.8 Å². The summed E-state index contributed by atoms with van der Waals surface area (Å²) in [4.78, 5) is 53.7. The van der Waals surface area contributed by atoms with Crippen molar-refractivity contribution in [3.8, 4) is 0 Å². The van der Waals surface area contributed by atoms with Gasteiger partial charge >= 0.3 is 17.9 Å². The number of likely N-dealkylation sites (tertiary alicyclic amines) is 8. The number of carboxylic acids is 1. The summed E-state index contributed by atoms with van der Waals surface area (Å²) in [6.45, 7) is 15.0. The molecule has 0 aromatic heterocycles. The molecule has 606 valence electrons. The molecule has 0 aliphatic carbocycles. The van der Waals surface area contributed by atoms with Crippen LogP contribution in [0.25, 0.3) is 10.4 Å². The summed E-state index contributed by atoms with van der Waals surface area (Å²) >= 11 is 3.46. The van der Waals surface area contributed by atoms with Crippen LogP contribution in [0.2, 0.25) is 0 Å². The quantitative estimate of drug-likeness (QED) is 0.0103. The molecule has 0 bridgehead atoms.